The molecule has 1 saturated carbocycles. The van der Waals surface area contributed by atoms with Crippen LogP contribution in [0.5, 0.6) is 0 Å². The predicted octanol–water partition coefficient (Wildman–Crippen LogP) is 1.43. The van der Waals surface area contributed by atoms with E-state index in [9.17, 15) is 0 Å². The number of fused-ring (bicyclic) bond motifs is 2. The van der Waals surface area contributed by atoms with E-state index in [1.165, 1.54) is 29.4 Å². The summed E-state index contributed by atoms with van der Waals surface area (Å²) in [5.41, 5.74) is 3.19. The van der Waals surface area contributed by atoms with Crippen LogP contribution < -0.4 is 5.32 Å². The van der Waals surface area contributed by atoms with Crippen molar-refractivity contribution in [2.24, 2.45) is 13.0 Å². The van der Waals surface area contributed by atoms with Crippen LogP contribution in [-0.4, -0.2) is 22.9 Å². The van der Waals surface area contributed by atoms with Gasteiger partial charge in [-0.3, -0.25) is 4.68 Å². The minimum Gasteiger partial charge on any atom is -0.316 e. The molecule has 1 aromatic carbocycles. The largest absolute Gasteiger partial charge is 0.316 e. The lowest BCUT2D eigenvalue weighted by atomic mass is 9.94. The molecule has 2 atom stereocenters. The minimum atomic E-state index is 0.462. The number of hydrogen-bond donors (Lipinski definition) is 1. The molecule has 4 rings (SSSR count). The number of aryl methyl sites for hydroxylation is 1. The van der Waals surface area contributed by atoms with Gasteiger partial charge in [0.1, 0.15) is 0 Å². The van der Waals surface area contributed by atoms with Gasteiger partial charge in [-0.25, -0.2) is 0 Å². The molecule has 2 heterocycles. The molecule has 0 radical (unpaired) electrons. The number of nitrogens with one attached hydrogen (secondary N) is 1. The summed E-state index contributed by atoms with van der Waals surface area (Å²) >= 11 is 0. The summed E-state index contributed by atoms with van der Waals surface area (Å²) in [5, 5.41) is 9.06. The zero-order chi connectivity index (χ0) is 10.8. The van der Waals surface area contributed by atoms with Crippen molar-refractivity contribution in [1.82, 2.24) is 15.1 Å². The highest BCUT2D eigenvalue weighted by Crippen LogP contribution is 2.56. The first-order chi connectivity index (χ1) is 7.79. The van der Waals surface area contributed by atoms with Crippen molar-refractivity contribution in [3.8, 4) is 0 Å². The Hall–Kier alpha value is -1.35. The summed E-state index contributed by atoms with van der Waals surface area (Å²) in [6.45, 7) is 2.36. The molecule has 1 aromatic heterocycles. The van der Waals surface area contributed by atoms with E-state index in [1.54, 1.807) is 0 Å². The molecular weight excluding hydrogens is 198 g/mol. The van der Waals surface area contributed by atoms with Gasteiger partial charge < -0.3 is 5.32 Å². The molecule has 2 aliphatic rings. The van der Waals surface area contributed by atoms with Crippen molar-refractivity contribution in [1.29, 1.82) is 0 Å². The Kier molecular flexibility index (Phi) is 1.46. The number of rotatable bonds is 1. The maximum Gasteiger partial charge on any atom is 0.0679 e. The molecule has 0 unspecified atom stereocenters. The number of benzene rings is 1. The second-order valence-corrected chi connectivity index (χ2v) is 5.23. The van der Waals surface area contributed by atoms with Gasteiger partial charge in [0.05, 0.1) is 11.7 Å². The van der Waals surface area contributed by atoms with Crippen LogP contribution in [0.4, 0.5) is 0 Å². The number of hydrogen-bond acceptors (Lipinski definition) is 2. The zero-order valence-electron chi connectivity index (χ0n) is 9.40. The first-order valence-corrected chi connectivity index (χ1v) is 5.93. The zero-order valence-corrected chi connectivity index (χ0v) is 9.40. The van der Waals surface area contributed by atoms with Crippen molar-refractivity contribution in [2.45, 2.75) is 11.8 Å². The van der Waals surface area contributed by atoms with E-state index >= 15 is 0 Å². The fourth-order valence-electron chi connectivity index (χ4n) is 3.26. The number of nitrogens with zero attached hydrogens (tertiary/aromatic N) is 2. The summed E-state index contributed by atoms with van der Waals surface area (Å²) in [5.74, 6) is 0.877. The van der Waals surface area contributed by atoms with E-state index in [1.807, 2.05) is 17.9 Å². The molecule has 2 aromatic rings. The molecule has 1 saturated heterocycles. The van der Waals surface area contributed by atoms with Gasteiger partial charge in [0.2, 0.25) is 0 Å². The second kappa shape index (κ2) is 2.66. The van der Waals surface area contributed by atoms with Gasteiger partial charge in [-0.2, -0.15) is 5.10 Å². The Labute approximate surface area is 94.4 Å². The topological polar surface area (TPSA) is 29.9 Å². The van der Waals surface area contributed by atoms with Gasteiger partial charge in [0.15, 0.2) is 0 Å². The van der Waals surface area contributed by atoms with Crippen molar-refractivity contribution in [3.05, 3.63) is 30.0 Å². The van der Waals surface area contributed by atoms with Crippen LogP contribution in [-0.2, 0) is 12.5 Å². The average molecular weight is 213 g/mol. The molecule has 82 valence electrons. The number of piperidine rings is 1. The lowest BCUT2D eigenvalue weighted by molar-refractivity contribution is 0.676. The second-order valence-electron chi connectivity index (χ2n) is 5.23. The molecule has 0 amide bonds. The quantitative estimate of drug-likeness (QED) is 0.776. The molecule has 1 N–H and O–H groups in total. The van der Waals surface area contributed by atoms with Gasteiger partial charge in [-0.1, -0.05) is 6.07 Å². The van der Waals surface area contributed by atoms with Crippen LogP contribution in [0.3, 0.4) is 0 Å². The Balaban J connectivity index is 1.87. The van der Waals surface area contributed by atoms with E-state index in [0.717, 1.165) is 12.5 Å². The fraction of sp³-hybridized carbons (Fsp3) is 0.462. The van der Waals surface area contributed by atoms with Crippen LogP contribution in [0.25, 0.3) is 10.9 Å². The molecule has 16 heavy (non-hydrogen) atoms. The Bertz CT molecular complexity index is 572. The fourth-order valence-corrected chi connectivity index (χ4v) is 3.26. The Morgan fingerprint density at radius 2 is 2.44 bits per heavy atom. The molecule has 3 heteroatoms. The smallest absolute Gasteiger partial charge is 0.0679 e. The highest BCUT2D eigenvalue weighted by Gasteiger charge is 2.57. The van der Waals surface area contributed by atoms with Gasteiger partial charge in [0.25, 0.3) is 0 Å². The summed E-state index contributed by atoms with van der Waals surface area (Å²) < 4.78 is 1.94. The maximum atomic E-state index is 4.30. The normalized spacial score (nSPS) is 31.9. The van der Waals surface area contributed by atoms with E-state index in [0.29, 0.717) is 5.41 Å². The average Bonchev–Trinajstić information content (AvgIpc) is 2.69. The molecule has 0 bridgehead atoms. The third-order valence-electron chi connectivity index (χ3n) is 4.38. The monoisotopic (exact) mass is 213 g/mol. The molecule has 3 nitrogen and oxygen atoms in total. The number of aromatic nitrogens is 2. The van der Waals surface area contributed by atoms with Crippen LogP contribution in [0, 0.1) is 5.92 Å². The van der Waals surface area contributed by atoms with Gasteiger partial charge in [-0.15, -0.1) is 0 Å². The lowest BCUT2D eigenvalue weighted by Gasteiger charge is -2.12. The predicted molar refractivity (Wildman–Crippen MR) is 63.4 cm³/mol. The van der Waals surface area contributed by atoms with Crippen molar-refractivity contribution >= 4 is 10.9 Å². The Morgan fingerprint density at radius 1 is 1.50 bits per heavy atom. The van der Waals surface area contributed by atoms with Gasteiger partial charge in [-0.05, 0) is 36.6 Å². The third-order valence-corrected chi connectivity index (χ3v) is 4.38. The lowest BCUT2D eigenvalue weighted by Crippen LogP contribution is -2.19. The summed E-state index contributed by atoms with van der Waals surface area (Å²) in [4.78, 5) is 0. The molecule has 2 fully saturated rings. The van der Waals surface area contributed by atoms with Crippen LogP contribution in [0.15, 0.2) is 24.4 Å². The van der Waals surface area contributed by atoms with Crippen molar-refractivity contribution < 1.29 is 0 Å². The van der Waals surface area contributed by atoms with E-state index in [2.05, 4.69) is 28.6 Å². The molecule has 1 aliphatic heterocycles. The minimum absolute atomic E-state index is 0.462. The SMILES string of the molecule is Cn1ncc2cc([C@]34CNC[C@@H]3C4)ccc21. The molecular formula is C13H15N3. The first kappa shape index (κ1) is 8.76. The van der Waals surface area contributed by atoms with Crippen LogP contribution in [0.2, 0.25) is 0 Å². The summed E-state index contributed by atoms with van der Waals surface area (Å²) in [6.07, 6.45) is 3.33. The van der Waals surface area contributed by atoms with Gasteiger partial charge in [0, 0.05) is 24.4 Å². The van der Waals surface area contributed by atoms with Crippen LogP contribution in [0.1, 0.15) is 12.0 Å². The first-order valence-electron chi connectivity index (χ1n) is 5.93. The standard InChI is InChI=1S/C13H15N3/c1-16-12-3-2-10(4-9(12)6-15-16)13-5-11(13)7-14-8-13/h2-4,6,11,14H,5,7-8H2,1H3/t11-,13-/m0/s1. The maximum absolute atomic E-state index is 4.30. The Morgan fingerprint density at radius 3 is 3.19 bits per heavy atom. The van der Waals surface area contributed by atoms with Gasteiger partial charge >= 0.3 is 0 Å². The van der Waals surface area contributed by atoms with E-state index in [4.69, 9.17) is 0 Å². The molecule has 0 spiro atoms. The summed E-state index contributed by atoms with van der Waals surface area (Å²) in [6, 6.07) is 6.83. The van der Waals surface area contributed by atoms with E-state index < -0.39 is 0 Å². The highest BCUT2D eigenvalue weighted by molar-refractivity contribution is 5.79. The summed E-state index contributed by atoms with van der Waals surface area (Å²) in [7, 11) is 2.00. The van der Waals surface area contributed by atoms with Crippen molar-refractivity contribution in [2.75, 3.05) is 13.1 Å². The third kappa shape index (κ3) is 0.944. The highest BCUT2D eigenvalue weighted by atomic mass is 15.2. The van der Waals surface area contributed by atoms with E-state index in [-0.39, 0.29) is 0 Å². The van der Waals surface area contributed by atoms with Crippen LogP contribution >= 0.6 is 0 Å². The van der Waals surface area contributed by atoms with Crippen molar-refractivity contribution in [3.63, 3.8) is 0 Å². The molecule has 1 aliphatic carbocycles.